The van der Waals surface area contributed by atoms with Crippen LogP contribution in [0.25, 0.3) is 0 Å². The fourth-order valence-corrected chi connectivity index (χ4v) is 2.47. The number of aryl methyl sites for hydroxylation is 1. The number of benzene rings is 2. The Morgan fingerprint density at radius 3 is 2.26 bits per heavy atom. The number of aromatic carboxylic acids is 1. The van der Waals surface area contributed by atoms with Gasteiger partial charge in [-0.3, -0.25) is 4.79 Å². The van der Waals surface area contributed by atoms with E-state index in [9.17, 15) is 9.59 Å². The van der Waals surface area contributed by atoms with Gasteiger partial charge in [-0.1, -0.05) is 17.7 Å². The van der Waals surface area contributed by atoms with E-state index in [1.54, 1.807) is 37.3 Å². The monoisotopic (exact) mass is 365 g/mol. The summed E-state index contributed by atoms with van der Waals surface area (Å²) in [6.07, 6.45) is -0.467. The molecule has 0 radical (unpaired) electrons. The van der Waals surface area contributed by atoms with E-state index in [4.69, 9.17) is 14.3 Å². The zero-order valence-electron chi connectivity index (χ0n) is 14.9. The molecule has 1 unspecified atom stereocenters. The maximum absolute atomic E-state index is 12.3. The van der Waals surface area contributed by atoms with Crippen LogP contribution in [0.3, 0.4) is 0 Å². The second-order valence-electron chi connectivity index (χ2n) is 6.11. The minimum absolute atomic E-state index is 0.136. The zero-order valence-corrected chi connectivity index (χ0v) is 14.9. The predicted molar refractivity (Wildman–Crippen MR) is 100 cm³/mol. The summed E-state index contributed by atoms with van der Waals surface area (Å²) in [7, 11) is 0. The number of anilines is 1. The summed E-state index contributed by atoms with van der Waals surface area (Å²) in [5.41, 5.74) is 2.35. The second-order valence-corrected chi connectivity index (χ2v) is 6.11. The van der Waals surface area contributed by atoms with Crippen molar-refractivity contribution in [2.24, 2.45) is 0 Å². The van der Waals surface area contributed by atoms with E-state index < -0.39 is 12.1 Å². The Bertz CT molecular complexity index is 941. The Kier molecular flexibility index (Phi) is 5.26. The second kappa shape index (κ2) is 7.78. The van der Waals surface area contributed by atoms with Crippen LogP contribution in [0.2, 0.25) is 0 Å². The highest BCUT2D eigenvalue weighted by Crippen LogP contribution is 2.24. The molecule has 1 amide bonds. The number of carbonyl (C=O) groups is 2. The molecule has 0 aliphatic heterocycles. The number of amides is 1. The number of hydrogen-bond acceptors (Lipinski definition) is 4. The van der Waals surface area contributed by atoms with E-state index in [0.717, 1.165) is 11.3 Å². The van der Waals surface area contributed by atoms with Crippen LogP contribution in [0, 0.1) is 6.92 Å². The van der Waals surface area contributed by atoms with Gasteiger partial charge in [0, 0.05) is 11.3 Å². The number of rotatable bonds is 6. The topological polar surface area (TPSA) is 88.8 Å². The molecule has 0 spiro atoms. The number of furan rings is 1. The molecule has 2 N–H and O–H groups in total. The van der Waals surface area contributed by atoms with Crippen molar-refractivity contribution in [3.8, 4) is 5.75 Å². The zero-order chi connectivity index (χ0) is 19.4. The average Bonchev–Trinajstić information content (AvgIpc) is 3.15. The molecule has 3 rings (SSSR count). The lowest BCUT2D eigenvalue weighted by Gasteiger charge is -2.13. The summed E-state index contributed by atoms with van der Waals surface area (Å²) in [5.74, 6) is -0.521. The molecule has 1 aromatic heterocycles. The van der Waals surface area contributed by atoms with Gasteiger partial charge in [-0.2, -0.15) is 0 Å². The summed E-state index contributed by atoms with van der Waals surface area (Å²) in [4.78, 5) is 23.2. The first kappa shape index (κ1) is 18.3. The van der Waals surface area contributed by atoms with Crippen molar-refractivity contribution in [3.63, 3.8) is 0 Å². The minimum atomic E-state index is -1.13. The largest absolute Gasteiger partial charge is 0.483 e. The van der Waals surface area contributed by atoms with Gasteiger partial charge in [0.05, 0.1) is 0 Å². The normalized spacial score (nSPS) is 11.6. The highest BCUT2D eigenvalue weighted by Gasteiger charge is 2.16. The molecule has 1 heterocycles. The number of carboxylic acid groups (broad SMARTS) is 1. The molecule has 0 aliphatic rings. The fraction of sp³-hybridized carbons (Fsp3) is 0.143. The van der Waals surface area contributed by atoms with Gasteiger partial charge < -0.3 is 19.6 Å². The number of hydrogen-bond donors (Lipinski definition) is 2. The molecule has 6 nitrogen and oxygen atoms in total. The number of carbonyl (C=O) groups excluding carboxylic acids is 1. The molecule has 1 atom stereocenters. The molecule has 27 heavy (non-hydrogen) atoms. The lowest BCUT2D eigenvalue weighted by molar-refractivity contribution is 0.0655. The molecule has 0 saturated heterocycles. The van der Waals surface area contributed by atoms with Gasteiger partial charge in [0.1, 0.15) is 11.5 Å². The molecule has 0 saturated carbocycles. The van der Waals surface area contributed by atoms with Gasteiger partial charge in [0.15, 0.2) is 6.10 Å². The van der Waals surface area contributed by atoms with Crippen LogP contribution < -0.4 is 10.1 Å². The van der Waals surface area contributed by atoms with E-state index in [1.165, 1.54) is 6.07 Å². The molecule has 6 heteroatoms. The summed E-state index contributed by atoms with van der Waals surface area (Å²) in [5, 5.41) is 11.7. The van der Waals surface area contributed by atoms with Crippen molar-refractivity contribution < 1.29 is 23.8 Å². The molecule has 0 bridgehead atoms. The van der Waals surface area contributed by atoms with Crippen molar-refractivity contribution in [2.45, 2.75) is 20.0 Å². The standard InChI is InChI=1S/C21H19NO5/c1-13-3-7-16(8-4-13)22-20(23)15-5-9-17(10-6-15)26-14(2)18-11-12-19(27-18)21(24)25/h3-12,14H,1-2H3,(H,22,23)(H,24,25). The minimum Gasteiger partial charge on any atom is -0.483 e. The van der Waals surface area contributed by atoms with Gasteiger partial charge in [-0.25, -0.2) is 4.79 Å². The summed E-state index contributed by atoms with van der Waals surface area (Å²) < 4.78 is 11.0. The summed E-state index contributed by atoms with van der Waals surface area (Å²) in [6.45, 7) is 3.74. The first-order chi connectivity index (χ1) is 12.9. The van der Waals surface area contributed by atoms with E-state index in [0.29, 0.717) is 17.1 Å². The van der Waals surface area contributed by atoms with E-state index in [1.807, 2.05) is 31.2 Å². The molecule has 0 aliphatic carbocycles. The maximum atomic E-state index is 12.3. The smallest absolute Gasteiger partial charge is 0.371 e. The van der Waals surface area contributed by atoms with Crippen LogP contribution in [0.15, 0.2) is 65.1 Å². The lowest BCUT2D eigenvalue weighted by atomic mass is 10.2. The molecular weight excluding hydrogens is 346 g/mol. The Morgan fingerprint density at radius 1 is 1.00 bits per heavy atom. The molecular formula is C21H19NO5. The maximum Gasteiger partial charge on any atom is 0.371 e. The van der Waals surface area contributed by atoms with Gasteiger partial charge in [-0.05, 0) is 62.4 Å². The highest BCUT2D eigenvalue weighted by atomic mass is 16.5. The van der Waals surface area contributed by atoms with Crippen molar-refractivity contribution in [3.05, 3.63) is 83.3 Å². The third-order valence-corrected chi connectivity index (χ3v) is 3.98. The predicted octanol–water partition coefficient (Wildman–Crippen LogP) is 4.68. The number of nitrogens with one attached hydrogen (secondary N) is 1. The Morgan fingerprint density at radius 2 is 1.67 bits per heavy atom. The summed E-state index contributed by atoms with van der Waals surface area (Å²) in [6, 6.07) is 17.2. The van der Waals surface area contributed by atoms with Crippen LogP contribution in [0.4, 0.5) is 5.69 Å². The van der Waals surface area contributed by atoms with Crippen molar-refractivity contribution in [2.75, 3.05) is 5.32 Å². The third kappa shape index (κ3) is 4.55. The molecule has 0 fully saturated rings. The van der Waals surface area contributed by atoms with Gasteiger partial charge >= 0.3 is 5.97 Å². The van der Waals surface area contributed by atoms with Crippen LogP contribution in [-0.4, -0.2) is 17.0 Å². The van der Waals surface area contributed by atoms with Crippen molar-refractivity contribution in [1.82, 2.24) is 0 Å². The van der Waals surface area contributed by atoms with Crippen LogP contribution >= 0.6 is 0 Å². The van der Waals surface area contributed by atoms with E-state index >= 15 is 0 Å². The third-order valence-electron chi connectivity index (χ3n) is 3.98. The number of ether oxygens (including phenoxy) is 1. The Hall–Kier alpha value is -3.54. The van der Waals surface area contributed by atoms with E-state index in [2.05, 4.69) is 5.32 Å². The first-order valence-corrected chi connectivity index (χ1v) is 8.40. The molecule has 3 aromatic rings. The van der Waals surface area contributed by atoms with E-state index in [-0.39, 0.29) is 11.7 Å². The Balaban J connectivity index is 1.62. The van der Waals surface area contributed by atoms with Crippen LogP contribution in [0.1, 0.15) is 45.3 Å². The average molecular weight is 365 g/mol. The molecule has 138 valence electrons. The first-order valence-electron chi connectivity index (χ1n) is 8.40. The van der Waals surface area contributed by atoms with Crippen LogP contribution in [0.5, 0.6) is 5.75 Å². The lowest BCUT2D eigenvalue weighted by Crippen LogP contribution is -2.11. The van der Waals surface area contributed by atoms with Gasteiger partial charge in [-0.15, -0.1) is 0 Å². The highest BCUT2D eigenvalue weighted by molar-refractivity contribution is 6.04. The van der Waals surface area contributed by atoms with Gasteiger partial charge in [0.25, 0.3) is 5.91 Å². The van der Waals surface area contributed by atoms with Crippen molar-refractivity contribution in [1.29, 1.82) is 0 Å². The Labute approximate surface area is 156 Å². The van der Waals surface area contributed by atoms with Gasteiger partial charge in [0.2, 0.25) is 5.76 Å². The van der Waals surface area contributed by atoms with Crippen LogP contribution in [-0.2, 0) is 0 Å². The quantitative estimate of drug-likeness (QED) is 0.662. The fourth-order valence-electron chi connectivity index (χ4n) is 2.47. The number of carboxylic acids is 1. The summed E-state index contributed by atoms with van der Waals surface area (Å²) >= 11 is 0. The SMILES string of the molecule is Cc1ccc(NC(=O)c2ccc(OC(C)c3ccc(C(=O)O)o3)cc2)cc1. The molecule has 2 aromatic carbocycles. The van der Waals surface area contributed by atoms with Crippen molar-refractivity contribution >= 4 is 17.6 Å².